The van der Waals surface area contributed by atoms with E-state index in [0.29, 0.717) is 11.9 Å². The first-order chi connectivity index (χ1) is 9.18. The van der Waals surface area contributed by atoms with E-state index < -0.39 is 0 Å². The van der Waals surface area contributed by atoms with Crippen LogP contribution in [0.25, 0.3) is 0 Å². The van der Waals surface area contributed by atoms with Crippen molar-refractivity contribution in [3.8, 4) is 0 Å². The molecule has 19 heavy (non-hydrogen) atoms. The molecule has 104 valence electrons. The number of amides is 1. The Morgan fingerprint density at radius 2 is 2.26 bits per heavy atom. The second kappa shape index (κ2) is 4.91. The fourth-order valence-electron chi connectivity index (χ4n) is 3.40. The topological polar surface area (TPSA) is 32.3 Å². The minimum Gasteiger partial charge on any atom is -0.318 e. The maximum atomic E-state index is 12.9. The first-order valence-corrected chi connectivity index (χ1v) is 8.20. The van der Waals surface area contributed by atoms with E-state index in [0.717, 1.165) is 19.3 Å². The molecule has 1 aliphatic carbocycles. The Morgan fingerprint density at radius 3 is 2.84 bits per heavy atom. The summed E-state index contributed by atoms with van der Waals surface area (Å²) in [5.74, 6) is 0.331. The third kappa shape index (κ3) is 2.01. The minimum atomic E-state index is -0.266. The average molecular weight is 278 g/mol. The number of nitrogens with zero attached hydrogens (tertiary/aromatic N) is 1. The molecule has 0 aromatic carbocycles. The summed E-state index contributed by atoms with van der Waals surface area (Å²) < 4.78 is 0. The van der Waals surface area contributed by atoms with E-state index in [1.165, 1.54) is 17.7 Å². The summed E-state index contributed by atoms with van der Waals surface area (Å²) in [6.07, 6.45) is 5.43. The largest absolute Gasteiger partial charge is 0.318 e. The first kappa shape index (κ1) is 13.1. The van der Waals surface area contributed by atoms with Crippen molar-refractivity contribution in [1.29, 1.82) is 0 Å². The summed E-state index contributed by atoms with van der Waals surface area (Å²) in [7, 11) is 0. The quantitative estimate of drug-likeness (QED) is 0.920. The molecule has 2 unspecified atom stereocenters. The predicted octanol–water partition coefficient (Wildman–Crippen LogP) is 3.29. The van der Waals surface area contributed by atoms with Gasteiger partial charge in [-0.25, -0.2) is 0 Å². The van der Waals surface area contributed by atoms with Gasteiger partial charge in [0, 0.05) is 10.9 Å². The molecule has 1 N–H and O–H groups in total. The number of nitrogens with one attached hydrogen (secondary N) is 1. The second-order valence-electron chi connectivity index (χ2n) is 5.82. The van der Waals surface area contributed by atoms with Gasteiger partial charge in [0.05, 0.1) is 5.54 Å². The lowest BCUT2D eigenvalue weighted by molar-refractivity contribution is -0.135. The number of hydrogen-bond acceptors (Lipinski definition) is 3. The van der Waals surface area contributed by atoms with Crippen LogP contribution in [0.2, 0.25) is 0 Å². The van der Waals surface area contributed by atoms with Gasteiger partial charge < -0.3 is 4.90 Å². The van der Waals surface area contributed by atoms with Crippen molar-refractivity contribution >= 4 is 17.2 Å². The van der Waals surface area contributed by atoms with Crippen LogP contribution in [0.5, 0.6) is 0 Å². The van der Waals surface area contributed by atoms with Crippen molar-refractivity contribution < 1.29 is 4.79 Å². The van der Waals surface area contributed by atoms with Crippen LogP contribution in [0.1, 0.15) is 57.0 Å². The van der Waals surface area contributed by atoms with E-state index in [-0.39, 0.29) is 11.7 Å². The van der Waals surface area contributed by atoms with Crippen LogP contribution >= 0.6 is 11.3 Å². The van der Waals surface area contributed by atoms with E-state index in [1.807, 2.05) is 0 Å². The standard InChI is InChI=1S/C15H22N2OS/c1-3-11(2)17-13(12-7-6-10-19-12)16-15(14(17)18)8-4-5-9-15/h6-7,10-11,13,16H,3-5,8-9H2,1-2H3. The Labute approximate surface area is 119 Å². The number of rotatable bonds is 3. The molecule has 0 radical (unpaired) electrons. The zero-order chi connectivity index (χ0) is 13.5. The molecule has 4 heteroatoms. The summed E-state index contributed by atoms with van der Waals surface area (Å²) >= 11 is 1.74. The second-order valence-corrected chi connectivity index (χ2v) is 6.80. The van der Waals surface area contributed by atoms with E-state index in [2.05, 4.69) is 41.6 Å². The summed E-state index contributed by atoms with van der Waals surface area (Å²) in [6.45, 7) is 4.32. The number of hydrogen-bond donors (Lipinski definition) is 1. The van der Waals surface area contributed by atoms with Gasteiger partial charge in [0.25, 0.3) is 0 Å². The molecular formula is C15H22N2OS. The summed E-state index contributed by atoms with van der Waals surface area (Å²) in [5, 5.41) is 5.76. The lowest BCUT2D eigenvalue weighted by Gasteiger charge is -2.29. The van der Waals surface area contributed by atoms with Gasteiger partial charge in [-0.15, -0.1) is 11.3 Å². The molecule has 1 aliphatic heterocycles. The Kier molecular flexibility index (Phi) is 3.39. The van der Waals surface area contributed by atoms with Gasteiger partial charge in [-0.05, 0) is 37.6 Å². The maximum absolute atomic E-state index is 12.9. The molecule has 1 saturated carbocycles. The van der Waals surface area contributed by atoms with Crippen LogP contribution in [0.4, 0.5) is 0 Å². The van der Waals surface area contributed by atoms with Gasteiger partial charge in [0.1, 0.15) is 6.17 Å². The van der Waals surface area contributed by atoms with E-state index >= 15 is 0 Å². The Balaban J connectivity index is 1.95. The smallest absolute Gasteiger partial charge is 0.244 e. The third-order valence-electron chi connectivity index (χ3n) is 4.67. The normalized spacial score (nSPS) is 27.4. The molecule has 2 heterocycles. The van der Waals surface area contributed by atoms with Crippen molar-refractivity contribution in [2.75, 3.05) is 0 Å². The van der Waals surface area contributed by atoms with Crippen molar-refractivity contribution in [1.82, 2.24) is 10.2 Å². The molecule has 1 saturated heterocycles. The minimum absolute atomic E-state index is 0.0838. The molecule has 0 bridgehead atoms. The van der Waals surface area contributed by atoms with Gasteiger partial charge >= 0.3 is 0 Å². The average Bonchev–Trinajstić information content (AvgIpc) is 3.13. The van der Waals surface area contributed by atoms with E-state index in [9.17, 15) is 4.79 Å². The zero-order valence-corrected chi connectivity index (χ0v) is 12.5. The van der Waals surface area contributed by atoms with Crippen molar-refractivity contribution in [2.45, 2.75) is 63.7 Å². The van der Waals surface area contributed by atoms with Crippen molar-refractivity contribution in [3.05, 3.63) is 22.4 Å². The number of carbonyl (C=O) groups is 1. The lowest BCUT2D eigenvalue weighted by atomic mass is 9.97. The van der Waals surface area contributed by atoms with Crippen LogP contribution in [0.3, 0.4) is 0 Å². The molecule has 3 nitrogen and oxygen atoms in total. The molecule has 2 fully saturated rings. The monoisotopic (exact) mass is 278 g/mol. The molecule has 1 spiro atoms. The molecule has 1 aromatic heterocycles. The van der Waals surface area contributed by atoms with Gasteiger partial charge in [0.2, 0.25) is 5.91 Å². The van der Waals surface area contributed by atoms with E-state index in [1.54, 1.807) is 11.3 Å². The van der Waals surface area contributed by atoms with Crippen molar-refractivity contribution in [3.63, 3.8) is 0 Å². The third-order valence-corrected chi connectivity index (χ3v) is 5.60. The molecule has 2 atom stereocenters. The summed E-state index contributed by atoms with van der Waals surface area (Å²) in [4.78, 5) is 16.3. The molecule has 1 aromatic rings. The van der Waals surface area contributed by atoms with Crippen LogP contribution in [-0.4, -0.2) is 22.4 Å². The SMILES string of the molecule is CCC(C)N1C(=O)C2(CCCC2)NC1c1cccs1. The van der Waals surface area contributed by atoms with Crippen molar-refractivity contribution in [2.24, 2.45) is 0 Å². The van der Waals surface area contributed by atoms with Gasteiger partial charge in [-0.2, -0.15) is 0 Å². The number of thiophene rings is 1. The van der Waals surface area contributed by atoms with Gasteiger partial charge in [0.15, 0.2) is 0 Å². The lowest BCUT2D eigenvalue weighted by Crippen LogP contribution is -2.45. The summed E-state index contributed by atoms with van der Waals surface area (Å²) in [5.41, 5.74) is -0.266. The fourth-order valence-corrected chi connectivity index (χ4v) is 4.17. The molecular weight excluding hydrogens is 256 g/mol. The van der Waals surface area contributed by atoms with Gasteiger partial charge in [-0.1, -0.05) is 25.8 Å². The van der Waals surface area contributed by atoms with Crippen LogP contribution in [-0.2, 0) is 4.79 Å². The maximum Gasteiger partial charge on any atom is 0.244 e. The predicted molar refractivity (Wildman–Crippen MR) is 78.0 cm³/mol. The van der Waals surface area contributed by atoms with Crippen LogP contribution < -0.4 is 5.32 Å². The molecule has 2 aliphatic rings. The molecule has 3 rings (SSSR count). The Morgan fingerprint density at radius 1 is 1.53 bits per heavy atom. The highest BCUT2D eigenvalue weighted by Gasteiger charge is 2.53. The van der Waals surface area contributed by atoms with Crippen LogP contribution in [0, 0.1) is 0 Å². The van der Waals surface area contributed by atoms with Gasteiger partial charge in [-0.3, -0.25) is 10.1 Å². The van der Waals surface area contributed by atoms with E-state index in [4.69, 9.17) is 0 Å². The van der Waals surface area contributed by atoms with Crippen LogP contribution in [0.15, 0.2) is 17.5 Å². The Bertz CT molecular complexity index is 451. The molecule has 1 amide bonds. The fraction of sp³-hybridized carbons (Fsp3) is 0.667. The first-order valence-electron chi connectivity index (χ1n) is 7.32. The highest BCUT2D eigenvalue weighted by atomic mass is 32.1. The number of carbonyl (C=O) groups excluding carboxylic acids is 1. The zero-order valence-electron chi connectivity index (χ0n) is 11.7. The Hall–Kier alpha value is -0.870. The highest BCUT2D eigenvalue weighted by Crippen LogP contribution is 2.42. The summed E-state index contributed by atoms with van der Waals surface area (Å²) in [6, 6.07) is 4.51. The highest BCUT2D eigenvalue weighted by molar-refractivity contribution is 7.10.